The molecule has 0 saturated heterocycles. The first-order chi connectivity index (χ1) is 8.69. The van der Waals surface area contributed by atoms with Crippen molar-refractivity contribution in [2.24, 2.45) is 0 Å². The van der Waals surface area contributed by atoms with E-state index in [0.717, 1.165) is 27.5 Å². The van der Waals surface area contributed by atoms with E-state index in [1.165, 1.54) is 0 Å². The van der Waals surface area contributed by atoms with E-state index >= 15 is 0 Å². The lowest BCUT2D eigenvalue weighted by Gasteiger charge is -1.98. The van der Waals surface area contributed by atoms with E-state index in [2.05, 4.69) is 9.97 Å². The fourth-order valence-electron chi connectivity index (χ4n) is 2.13. The van der Waals surface area contributed by atoms with Crippen LogP contribution >= 0.6 is 11.6 Å². The van der Waals surface area contributed by atoms with Crippen LogP contribution in [-0.2, 0) is 0 Å². The van der Waals surface area contributed by atoms with E-state index in [-0.39, 0.29) is 5.78 Å². The largest absolute Gasteiger partial charge is 0.339 e. The van der Waals surface area contributed by atoms with Crippen molar-refractivity contribution in [3.63, 3.8) is 0 Å². The Balaban J connectivity index is 2.34. The van der Waals surface area contributed by atoms with E-state index < -0.39 is 0 Å². The number of H-pyrrole nitrogens is 1. The van der Waals surface area contributed by atoms with Crippen LogP contribution in [0.3, 0.4) is 0 Å². The van der Waals surface area contributed by atoms with Crippen molar-refractivity contribution < 1.29 is 4.79 Å². The highest BCUT2D eigenvalue weighted by molar-refractivity contribution is 6.31. The summed E-state index contributed by atoms with van der Waals surface area (Å²) in [5.41, 5.74) is 2.48. The first-order valence-electron chi connectivity index (χ1n) is 5.79. The zero-order valence-corrected chi connectivity index (χ0v) is 10.6. The molecule has 1 N–H and O–H groups in total. The number of hydrogen-bond acceptors (Lipinski definition) is 2. The molecule has 1 aromatic carbocycles. The molecule has 0 aliphatic carbocycles. The van der Waals surface area contributed by atoms with Gasteiger partial charge in [-0.1, -0.05) is 11.6 Å². The summed E-state index contributed by atoms with van der Waals surface area (Å²) in [7, 11) is 1.86. The third-order valence-electron chi connectivity index (χ3n) is 3.06. The summed E-state index contributed by atoms with van der Waals surface area (Å²) in [5.74, 6) is 0.140. The highest BCUT2D eigenvalue weighted by atomic mass is 35.5. The average molecular weight is 257 g/mol. The zero-order valence-electron chi connectivity index (χ0n) is 9.83. The highest BCUT2D eigenvalue weighted by Crippen LogP contribution is 2.27. The first-order valence-corrected chi connectivity index (χ1v) is 6.17. The van der Waals surface area contributed by atoms with Crippen LogP contribution in [0.4, 0.5) is 0 Å². The van der Waals surface area contributed by atoms with Crippen molar-refractivity contribution in [1.82, 2.24) is 9.97 Å². The van der Waals surface area contributed by atoms with Crippen molar-refractivity contribution in [2.75, 3.05) is 0 Å². The summed E-state index contributed by atoms with van der Waals surface area (Å²) in [6, 6.07) is 7.51. The molecule has 5 heteroatoms. The number of carbonyl (C=O) groups excluding carboxylic acids is 1. The molecule has 0 bridgehead atoms. The van der Waals surface area contributed by atoms with Crippen LogP contribution in [0.1, 0.15) is 10.4 Å². The van der Waals surface area contributed by atoms with Gasteiger partial charge in [-0.2, -0.15) is 0 Å². The van der Waals surface area contributed by atoms with Gasteiger partial charge in [-0.05, 0) is 30.6 Å². The average Bonchev–Trinajstić information content (AvgIpc) is 2.75. The predicted octanol–water partition coefficient (Wildman–Crippen LogP) is 2.60. The van der Waals surface area contributed by atoms with Crippen LogP contribution in [0, 0.1) is 0 Å². The van der Waals surface area contributed by atoms with Crippen LogP contribution in [0.2, 0.25) is 11.3 Å². The number of Topliss-reactive ketones (excluding diaryl/α,β-unsaturated/α-hetero) is 1. The Bertz CT molecular complexity index is 766. The van der Waals surface area contributed by atoms with Gasteiger partial charge in [0, 0.05) is 28.0 Å². The van der Waals surface area contributed by atoms with E-state index in [9.17, 15) is 4.79 Å². The number of nitrogens with one attached hydrogen (secondary N) is 1. The lowest BCUT2D eigenvalue weighted by Crippen LogP contribution is -1.96. The Morgan fingerprint density at radius 1 is 1.33 bits per heavy atom. The molecule has 88 valence electrons. The number of halogens is 1. The maximum absolute atomic E-state index is 11.7. The molecule has 3 nitrogen and oxygen atoms in total. The Hall–Kier alpha value is -1.81. The molecule has 0 fully saturated rings. The fourth-order valence-corrected chi connectivity index (χ4v) is 2.28. The number of pyridine rings is 1. The molecule has 0 radical (unpaired) electrons. The van der Waals surface area contributed by atoms with Gasteiger partial charge in [-0.15, -0.1) is 0 Å². The number of benzene rings is 1. The molecule has 0 unspecified atom stereocenters. The molecule has 2 heterocycles. The van der Waals surface area contributed by atoms with Crippen molar-refractivity contribution in [3.05, 3.63) is 41.0 Å². The van der Waals surface area contributed by atoms with E-state index in [4.69, 9.17) is 11.6 Å². The van der Waals surface area contributed by atoms with Gasteiger partial charge in [0.15, 0.2) is 5.78 Å². The van der Waals surface area contributed by atoms with Gasteiger partial charge in [0.05, 0.1) is 5.02 Å². The molecule has 2 aromatic heterocycles. The second kappa shape index (κ2) is 4.14. The maximum atomic E-state index is 11.7. The maximum Gasteiger partial charge on any atom is 0.155 e. The minimum Gasteiger partial charge on any atom is -0.339 e. The lowest BCUT2D eigenvalue weighted by molar-refractivity contribution is 0.101. The third-order valence-corrected chi connectivity index (χ3v) is 3.27. The van der Waals surface area contributed by atoms with Crippen molar-refractivity contribution in [3.8, 4) is 0 Å². The van der Waals surface area contributed by atoms with E-state index in [0.29, 0.717) is 11.3 Å². The molecular weight excluding hydrogens is 246 g/mol. The van der Waals surface area contributed by atoms with Gasteiger partial charge in [-0.25, -0.2) is 4.98 Å². The van der Waals surface area contributed by atoms with Gasteiger partial charge in [0.25, 0.3) is 0 Å². The quantitative estimate of drug-likeness (QED) is 0.566. The number of carbonyl (C=O) groups is 1. The minimum atomic E-state index is 0.140. The Morgan fingerprint density at radius 3 is 2.94 bits per heavy atom. The molecule has 3 rings (SSSR count). The van der Waals surface area contributed by atoms with E-state index in [1.807, 2.05) is 32.1 Å². The Labute approximate surface area is 110 Å². The summed E-state index contributed by atoms with van der Waals surface area (Å²) < 4.78 is 0. The van der Waals surface area contributed by atoms with Gasteiger partial charge in [-0.3, -0.25) is 4.79 Å². The van der Waals surface area contributed by atoms with Crippen LogP contribution in [0.25, 0.3) is 21.9 Å². The zero-order chi connectivity index (χ0) is 12.7. The summed E-state index contributed by atoms with van der Waals surface area (Å²) in [4.78, 5) is 19.2. The number of hydrogen-bond donors (Lipinski definition) is 1. The second-order valence-corrected chi connectivity index (χ2v) is 4.65. The minimum absolute atomic E-state index is 0.140. The van der Waals surface area contributed by atoms with Crippen LogP contribution in [0.15, 0.2) is 30.5 Å². The molecule has 0 atom stereocenters. The molecular formula is C13H10BClN2O. The molecule has 0 aliphatic heterocycles. The summed E-state index contributed by atoms with van der Waals surface area (Å²) in [5, 5.41) is 2.53. The molecule has 3 aromatic rings. The Morgan fingerprint density at radius 2 is 2.17 bits per heavy atom. The van der Waals surface area contributed by atoms with E-state index in [1.54, 1.807) is 6.20 Å². The van der Waals surface area contributed by atoms with Gasteiger partial charge in [0.2, 0.25) is 0 Å². The monoisotopic (exact) mass is 256 g/mol. The summed E-state index contributed by atoms with van der Waals surface area (Å²) in [6.45, 7) is 0. The SMILES string of the molecule is BCC(=O)c1ccc2[nH]c3ncc(Cl)cc3c2c1. The molecule has 0 spiro atoms. The normalized spacial score (nSPS) is 11.2. The summed E-state index contributed by atoms with van der Waals surface area (Å²) in [6.07, 6.45) is 2.12. The number of aromatic nitrogens is 2. The molecule has 0 aliphatic rings. The second-order valence-electron chi connectivity index (χ2n) is 4.21. The predicted molar refractivity (Wildman–Crippen MR) is 76.3 cm³/mol. The van der Waals surface area contributed by atoms with Crippen LogP contribution in [-0.4, -0.2) is 23.6 Å². The fraction of sp³-hybridized carbons (Fsp3) is 0.0769. The van der Waals surface area contributed by atoms with Gasteiger partial charge < -0.3 is 4.98 Å². The molecule has 18 heavy (non-hydrogen) atoms. The smallest absolute Gasteiger partial charge is 0.155 e. The van der Waals surface area contributed by atoms with Gasteiger partial charge in [0.1, 0.15) is 13.5 Å². The topological polar surface area (TPSA) is 45.8 Å². The highest BCUT2D eigenvalue weighted by Gasteiger charge is 2.09. The van der Waals surface area contributed by atoms with Gasteiger partial charge >= 0.3 is 0 Å². The van der Waals surface area contributed by atoms with Crippen LogP contribution in [0.5, 0.6) is 0 Å². The number of fused-ring (bicyclic) bond motifs is 3. The molecule has 0 saturated carbocycles. The van der Waals surface area contributed by atoms with Crippen molar-refractivity contribution in [1.29, 1.82) is 0 Å². The number of aromatic amines is 1. The lowest BCUT2D eigenvalue weighted by atomic mass is 9.95. The number of rotatable bonds is 2. The third kappa shape index (κ3) is 1.69. The number of ketones is 1. The number of nitrogens with zero attached hydrogens (tertiary/aromatic N) is 1. The Kier molecular flexibility index (Phi) is 2.60. The first kappa shape index (κ1) is 11.3. The van der Waals surface area contributed by atoms with Crippen molar-refractivity contribution >= 4 is 47.2 Å². The summed E-state index contributed by atoms with van der Waals surface area (Å²) >= 11 is 5.96. The van der Waals surface area contributed by atoms with Crippen LogP contribution < -0.4 is 0 Å². The molecule has 0 amide bonds. The van der Waals surface area contributed by atoms with Crippen molar-refractivity contribution in [2.45, 2.75) is 6.32 Å². The standard InChI is InChI=1S/C13H10BClN2O/c14-5-12(18)7-1-2-11-9(3-7)10-4-8(15)6-16-13(10)17-11/h1-4,6H,5,14H2,(H,16,17).